The topological polar surface area (TPSA) is 69.2 Å². The number of hydrogen-bond acceptors (Lipinski definition) is 3. The third kappa shape index (κ3) is 3.59. The average molecular weight is 317 g/mol. The summed E-state index contributed by atoms with van der Waals surface area (Å²) < 4.78 is 13.1. The number of aromatic nitrogens is 2. The summed E-state index contributed by atoms with van der Waals surface area (Å²) in [5.74, 6) is -0.970. The highest BCUT2D eigenvalue weighted by molar-refractivity contribution is 5.70. The molecule has 6 heteroatoms. The van der Waals surface area contributed by atoms with E-state index in [1.54, 1.807) is 18.3 Å². The first-order valence-electron chi connectivity index (χ1n) is 7.76. The Kier molecular flexibility index (Phi) is 4.43. The van der Waals surface area contributed by atoms with Crippen molar-refractivity contribution in [1.82, 2.24) is 15.1 Å². The van der Waals surface area contributed by atoms with Crippen LogP contribution in [-0.4, -0.2) is 39.3 Å². The van der Waals surface area contributed by atoms with Crippen LogP contribution in [0.25, 0.3) is 11.3 Å². The first-order valence-corrected chi connectivity index (χ1v) is 7.76. The van der Waals surface area contributed by atoms with Gasteiger partial charge in [-0.05, 0) is 36.6 Å². The fourth-order valence-electron chi connectivity index (χ4n) is 3.31. The molecule has 1 aliphatic rings. The summed E-state index contributed by atoms with van der Waals surface area (Å²) in [6.45, 7) is 4.14. The highest BCUT2D eigenvalue weighted by Crippen LogP contribution is 2.26. The largest absolute Gasteiger partial charge is 0.481 e. The molecule has 1 fully saturated rings. The molecule has 1 aromatic heterocycles. The Hall–Kier alpha value is -2.21. The van der Waals surface area contributed by atoms with Crippen molar-refractivity contribution in [2.75, 3.05) is 13.1 Å². The maximum Gasteiger partial charge on any atom is 0.307 e. The Labute approximate surface area is 134 Å². The molecular formula is C17H20FN3O2. The Morgan fingerprint density at radius 3 is 2.83 bits per heavy atom. The fraction of sp³-hybridized carbons (Fsp3) is 0.412. The molecule has 0 bridgehead atoms. The number of halogens is 1. The molecule has 1 saturated heterocycles. The van der Waals surface area contributed by atoms with Crippen molar-refractivity contribution < 1.29 is 14.3 Å². The molecule has 0 saturated carbocycles. The van der Waals surface area contributed by atoms with Crippen LogP contribution in [0.5, 0.6) is 0 Å². The van der Waals surface area contributed by atoms with Gasteiger partial charge in [-0.2, -0.15) is 5.10 Å². The molecular weight excluding hydrogens is 297 g/mol. The van der Waals surface area contributed by atoms with Gasteiger partial charge in [0, 0.05) is 30.8 Å². The van der Waals surface area contributed by atoms with Crippen molar-refractivity contribution >= 4 is 5.97 Å². The molecule has 2 unspecified atom stereocenters. The van der Waals surface area contributed by atoms with Crippen molar-refractivity contribution in [3.05, 3.63) is 41.8 Å². The van der Waals surface area contributed by atoms with Gasteiger partial charge in [0.1, 0.15) is 5.82 Å². The number of carboxylic acids is 1. The quantitative estimate of drug-likeness (QED) is 0.910. The van der Waals surface area contributed by atoms with Gasteiger partial charge >= 0.3 is 5.97 Å². The standard InChI is InChI=1S/C17H20FN3O2/c1-11-6-13(17(22)23)9-21(8-11)10-14-7-19-20-16(14)12-2-4-15(18)5-3-12/h2-5,7,11,13H,6,8-10H2,1H3,(H,19,20)(H,22,23). The number of nitrogens with one attached hydrogen (secondary N) is 1. The number of carbonyl (C=O) groups is 1. The number of aliphatic carboxylic acids is 1. The minimum absolute atomic E-state index is 0.274. The molecule has 23 heavy (non-hydrogen) atoms. The number of aromatic amines is 1. The molecule has 5 nitrogen and oxygen atoms in total. The number of likely N-dealkylation sites (tertiary alicyclic amines) is 1. The SMILES string of the molecule is CC1CC(C(=O)O)CN(Cc2cn[nH]c2-c2ccc(F)cc2)C1. The molecule has 0 amide bonds. The van der Waals surface area contributed by atoms with Gasteiger partial charge in [0.25, 0.3) is 0 Å². The number of rotatable bonds is 4. The van der Waals surface area contributed by atoms with E-state index in [0.29, 0.717) is 19.0 Å². The van der Waals surface area contributed by atoms with Gasteiger partial charge in [-0.1, -0.05) is 6.92 Å². The van der Waals surface area contributed by atoms with Crippen LogP contribution < -0.4 is 0 Å². The van der Waals surface area contributed by atoms with E-state index in [1.807, 2.05) is 0 Å². The van der Waals surface area contributed by atoms with Gasteiger partial charge in [0.15, 0.2) is 0 Å². The molecule has 2 aromatic rings. The first kappa shape index (κ1) is 15.7. The monoisotopic (exact) mass is 317 g/mol. The number of hydrogen-bond donors (Lipinski definition) is 2. The molecule has 0 spiro atoms. The zero-order valence-corrected chi connectivity index (χ0v) is 13.0. The molecule has 0 radical (unpaired) electrons. The maximum atomic E-state index is 13.1. The van der Waals surface area contributed by atoms with Crippen molar-refractivity contribution in [3.63, 3.8) is 0 Å². The van der Waals surface area contributed by atoms with E-state index >= 15 is 0 Å². The van der Waals surface area contributed by atoms with Crippen molar-refractivity contribution in [2.45, 2.75) is 19.9 Å². The van der Waals surface area contributed by atoms with Crippen molar-refractivity contribution in [3.8, 4) is 11.3 Å². The lowest BCUT2D eigenvalue weighted by Gasteiger charge is -2.34. The predicted octanol–water partition coefficient (Wildman–Crippen LogP) is 2.76. The Balaban J connectivity index is 1.77. The van der Waals surface area contributed by atoms with Gasteiger partial charge < -0.3 is 5.11 Å². The highest BCUT2D eigenvalue weighted by Gasteiger charge is 2.29. The molecule has 122 valence electrons. The first-order chi connectivity index (χ1) is 11.0. The second-order valence-electron chi connectivity index (χ2n) is 6.35. The van der Waals surface area contributed by atoms with Gasteiger partial charge in [-0.3, -0.25) is 14.8 Å². The Bertz CT molecular complexity index is 683. The van der Waals surface area contributed by atoms with Crippen LogP contribution in [0.15, 0.2) is 30.5 Å². The van der Waals surface area contributed by atoms with E-state index in [2.05, 4.69) is 22.0 Å². The summed E-state index contributed by atoms with van der Waals surface area (Å²) in [7, 11) is 0. The van der Waals surface area contributed by atoms with Crippen LogP contribution in [0.1, 0.15) is 18.9 Å². The summed E-state index contributed by atoms with van der Waals surface area (Å²) in [5.41, 5.74) is 2.73. The van der Waals surface area contributed by atoms with Crippen molar-refractivity contribution in [1.29, 1.82) is 0 Å². The van der Waals surface area contributed by atoms with E-state index < -0.39 is 5.97 Å². The third-order valence-corrected chi connectivity index (χ3v) is 4.33. The van der Waals surface area contributed by atoms with E-state index in [0.717, 1.165) is 29.8 Å². The summed E-state index contributed by atoms with van der Waals surface area (Å²) in [4.78, 5) is 13.4. The van der Waals surface area contributed by atoms with Crippen LogP contribution in [-0.2, 0) is 11.3 Å². The van der Waals surface area contributed by atoms with Gasteiger partial charge in [-0.15, -0.1) is 0 Å². The summed E-state index contributed by atoms with van der Waals surface area (Å²) in [6, 6.07) is 6.27. The highest BCUT2D eigenvalue weighted by atomic mass is 19.1. The van der Waals surface area contributed by atoms with Crippen LogP contribution >= 0.6 is 0 Å². The maximum absolute atomic E-state index is 13.1. The summed E-state index contributed by atoms with van der Waals surface area (Å²) in [6.07, 6.45) is 2.48. The molecule has 3 rings (SSSR count). The molecule has 2 atom stereocenters. The van der Waals surface area contributed by atoms with Crippen LogP contribution in [0.2, 0.25) is 0 Å². The summed E-state index contributed by atoms with van der Waals surface area (Å²) >= 11 is 0. The number of piperidine rings is 1. The van der Waals surface area contributed by atoms with Gasteiger partial charge in [0.05, 0.1) is 17.8 Å². The lowest BCUT2D eigenvalue weighted by atomic mass is 9.90. The van der Waals surface area contributed by atoms with Crippen molar-refractivity contribution in [2.24, 2.45) is 11.8 Å². The number of benzene rings is 1. The smallest absolute Gasteiger partial charge is 0.307 e. The van der Waals surface area contributed by atoms with E-state index in [1.165, 1.54) is 12.1 Å². The van der Waals surface area contributed by atoms with E-state index in [4.69, 9.17) is 0 Å². The lowest BCUT2D eigenvalue weighted by molar-refractivity contribution is -0.144. The van der Waals surface area contributed by atoms with Gasteiger partial charge in [-0.25, -0.2) is 4.39 Å². The zero-order valence-electron chi connectivity index (χ0n) is 13.0. The molecule has 2 N–H and O–H groups in total. The predicted molar refractivity (Wildman–Crippen MR) is 84.2 cm³/mol. The normalized spacial score (nSPS) is 22.2. The number of carboxylic acid groups (broad SMARTS) is 1. The molecule has 2 heterocycles. The van der Waals surface area contributed by atoms with E-state index in [-0.39, 0.29) is 11.7 Å². The second-order valence-corrected chi connectivity index (χ2v) is 6.35. The zero-order chi connectivity index (χ0) is 16.4. The minimum atomic E-state index is -0.729. The van der Waals surface area contributed by atoms with E-state index in [9.17, 15) is 14.3 Å². The second kappa shape index (κ2) is 6.50. The van der Waals surface area contributed by atoms with Crippen LogP contribution in [0, 0.1) is 17.7 Å². The number of nitrogens with zero attached hydrogens (tertiary/aromatic N) is 2. The van der Waals surface area contributed by atoms with Crippen LogP contribution in [0.4, 0.5) is 4.39 Å². The molecule has 1 aliphatic heterocycles. The molecule has 0 aliphatic carbocycles. The molecule has 1 aromatic carbocycles. The number of H-pyrrole nitrogens is 1. The lowest BCUT2D eigenvalue weighted by Crippen LogP contribution is -2.41. The average Bonchev–Trinajstić information content (AvgIpc) is 2.95. The Morgan fingerprint density at radius 1 is 1.39 bits per heavy atom. The Morgan fingerprint density at radius 2 is 2.13 bits per heavy atom. The summed E-state index contributed by atoms with van der Waals surface area (Å²) in [5, 5.41) is 16.3. The third-order valence-electron chi connectivity index (χ3n) is 4.33. The van der Waals surface area contributed by atoms with Gasteiger partial charge in [0.2, 0.25) is 0 Å². The fourth-order valence-corrected chi connectivity index (χ4v) is 3.31. The van der Waals surface area contributed by atoms with Crippen LogP contribution in [0.3, 0.4) is 0 Å². The minimum Gasteiger partial charge on any atom is -0.481 e.